The van der Waals surface area contributed by atoms with Crippen LogP contribution in [-0.4, -0.2) is 34.9 Å². The maximum Gasteiger partial charge on any atom is 0.229 e. The fourth-order valence-electron chi connectivity index (χ4n) is 2.92. The van der Waals surface area contributed by atoms with Crippen LogP contribution in [-0.2, 0) is 11.2 Å². The number of amides is 1. The minimum absolute atomic E-state index is 0. The van der Waals surface area contributed by atoms with E-state index < -0.39 is 0 Å². The standard InChI is InChI=1S/C16H21N3O2S.2ClH/c1-11-14(18-16(21-11)12-5-7-22-10-12)8-15(20)19-6-3-2-4-13(19)9-17;;/h5,7,10,13H,2-4,6,8-9,17H2,1H3;2*1H. The first-order valence-electron chi connectivity index (χ1n) is 7.67. The Hall–Kier alpha value is -1.08. The molecule has 0 aromatic carbocycles. The zero-order chi connectivity index (χ0) is 15.5. The molecule has 2 aromatic heterocycles. The van der Waals surface area contributed by atoms with Crippen LogP contribution in [0.3, 0.4) is 0 Å². The second-order valence-corrected chi connectivity index (χ2v) is 6.46. The van der Waals surface area contributed by atoms with Crippen molar-refractivity contribution in [2.45, 2.75) is 38.6 Å². The first-order valence-corrected chi connectivity index (χ1v) is 8.61. The molecule has 24 heavy (non-hydrogen) atoms. The number of halogens is 2. The van der Waals surface area contributed by atoms with Gasteiger partial charge in [0.25, 0.3) is 0 Å². The van der Waals surface area contributed by atoms with Crippen molar-refractivity contribution < 1.29 is 9.21 Å². The Morgan fingerprint density at radius 1 is 1.46 bits per heavy atom. The van der Waals surface area contributed by atoms with Crippen molar-refractivity contribution >= 4 is 42.1 Å². The number of carbonyl (C=O) groups excluding carboxylic acids is 1. The lowest BCUT2D eigenvalue weighted by molar-refractivity contribution is -0.133. The maximum absolute atomic E-state index is 12.6. The topological polar surface area (TPSA) is 72.4 Å². The van der Waals surface area contributed by atoms with Crippen molar-refractivity contribution in [2.24, 2.45) is 5.73 Å². The summed E-state index contributed by atoms with van der Waals surface area (Å²) < 4.78 is 5.70. The highest BCUT2D eigenvalue weighted by Crippen LogP contribution is 2.25. The highest BCUT2D eigenvalue weighted by atomic mass is 35.5. The summed E-state index contributed by atoms with van der Waals surface area (Å²) in [4.78, 5) is 19.0. The molecule has 3 heterocycles. The Morgan fingerprint density at radius 3 is 2.92 bits per heavy atom. The number of aromatic nitrogens is 1. The molecule has 0 aliphatic carbocycles. The number of hydrogen-bond acceptors (Lipinski definition) is 5. The highest BCUT2D eigenvalue weighted by Gasteiger charge is 2.27. The number of piperidine rings is 1. The first kappa shape index (κ1) is 21.0. The van der Waals surface area contributed by atoms with Crippen LogP contribution in [0.4, 0.5) is 0 Å². The van der Waals surface area contributed by atoms with Gasteiger partial charge in [0, 0.05) is 30.1 Å². The van der Waals surface area contributed by atoms with Crippen molar-refractivity contribution in [3.05, 3.63) is 28.3 Å². The van der Waals surface area contributed by atoms with Gasteiger partial charge in [0.2, 0.25) is 11.8 Å². The SMILES string of the molecule is Cc1oc(-c2ccsc2)nc1CC(=O)N1CCCCC1CN.Cl.Cl. The number of thiophene rings is 1. The van der Waals surface area contributed by atoms with Crippen LogP contribution in [0.15, 0.2) is 21.2 Å². The van der Waals surface area contributed by atoms with Crippen LogP contribution in [0.5, 0.6) is 0 Å². The predicted octanol–water partition coefficient (Wildman–Crippen LogP) is 3.44. The fourth-order valence-corrected chi connectivity index (χ4v) is 3.55. The molecular formula is C16H23Cl2N3O2S. The van der Waals surface area contributed by atoms with Crippen molar-refractivity contribution in [1.29, 1.82) is 0 Å². The molecule has 1 amide bonds. The number of hydrogen-bond donors (Lipinski definition) is 1. The van der Waals surface area contributed by atoms with Gasteiger partial charge in [-0.3, -0.25) is 4.79 Å². The van der Waals surface area contributed by atoms with E-state index in [-0.39, 0.29) is 43.2 Å². The summed E-state index contributed by atoms with van der Waals surface area (Å²) in [7, 11) is 0. The number of rotatable bonds is 4. The first-order chi connectivity index (χ1) is 10.7. The van der Waals surface area contributed by atoms with E-state index in [1.807, 2.05) is 28.7 Å². The Kier molecular flexibility index (Phi) is 8.22. The van der Waals surface area contributed by atoms with Gasteiger partial charge in [-0.25, -0.2) is 4.98 Å². The zero-order valence-corrected chi connectivity index (χ0v) is 16.0. The number of nitrogens with zero attached hydrogens (tertiary/aromatic N) is 2. The van der Waals surface area contributed by atoms with Gasteiger partial charge in [0.15, 0.2) is 0 Å². The van der Waals surface area contributed by atoms with Crippen LogP contribution < -0.4 is 5.73 Å². The van der Waals surface area contributed by atoms with E-state index in [9.17, 15) is 4.79 Å². The van der Waals surface area contributed by atoms with Crippen LogP contribution in [0.25, 0.3) is 11.5 Å². The molecule has 1 atom stereocenters. The Morgan fingerprint density at radius 2 is 2.25 bits per heavy atom. The lowest BCUT2D eigenvalue weighted by Gasteiger charge is -2.35. The minimum atomic E-state index is 0. The van der Waals surface area contributed by atoms with Gasteiger partial charge < -0.3 is 15.1 Å². The summed E-state index contributed by atoms with van der Waals surface area (Å²) in [6.07, 6.45) is 3.49. The lowest BCUT2D eigenvalue weighted by atomic mass is 10.0. The van der Waals surface area contributed by atoms with Gasteiger partial charge in [-0.05, 0) is 37.6 Å². The molecule has 1 aliphatic rings. The third-order valence-electron chi connectivity index (χ3n) is 4.20. The summed E-state index contributed by atoms with van der Waals surface area (Å²) >= 11 is 1.60. The van der Waals surface area contributed by atoms with Crippen LogP contribution in [0.1, 0.15) is 30.7 Å². The molecule has 2 aromatic rings. The second-order valence-electron chi connectivity index (χ2n) is 5.68. The van der Waals surface area contributed by atoms with Crippen molar-refractivity contribution in [2.75, 3.05) is 13.1 Å². The number of carbonyl (C=O) groups is 1. The molecule has 1 saturated heterocycles. The summed E-state index contributed by atoms with van der Waals surface area (Å²) in [5, 5.41) is 3.98. The lowest BCUT2D eigenvalue weighted by Crippen LogP contribution is -2.48. The van der Waals surface area contributed by atoms with E-state index in [0.717, 1.165) is 42.8 Å². The molecule has 8 heteroatoms. The van der Waals surface area contributed by atoms with E-state index in [4.69, 9.17) is 10.2 Å². The highest BCUT2D eigenvalue weighted by molar-refractivity contribution is 7.08. The van der Waals surface area contributed by atoms with Crippen molar-refractivity contribution in [1.82, 2.24) is 9.88 Å². The number of likely N-dealkylation sites (tertiary alicyclic amines) is 1. The molecule has 1 unspecified atom stereocenters. The molecule has 0 spiro atoms. The molecule has 0 saturated carbocycles. The fraction of sp³-hybridized carbons (Fsp3) is 0.500. The molecule has 0 bridgehead atoms. The van der Waals surface area contributed by atoms with E-state index in [2.05, 4.69) is 4.98 Å². The van der Waals surface area contributed by atoms with Gasteiger partial charge in [-0.15, -0.1) is 24.8 Å². The van der Waals surface area contributed by atoms with Crippen LogP contribution in [0.2, 0.25) is 0 Å². The van der Waals surface area contributed by atoms with E-state index in [1.165, 1.54) is 0 Å². The van der Waals surface area contributed by atoms with Crippen molar-refractivity contribution in [3.63, 3.8) is 0 Å². The Balaban J connectivity index is 0.00000144. The Labute approximate surface area is 158 Å². The van der Waals surface area contributed by atoms with Gasteiger partial charge in [-0.1, -0.05) is 0 Å². The minimum Gasteiger partial charge on any atom is -0.441 e. The maximum atomic E-state index is 12.6. The summed E-state index contributed by atoms with van der Waals surface area (Å²) in [5.74, 6) is 1.41. The summed E-state index contributed by atoms with van der Waals surface area (Å²) in [6, 6.07) is 2.14. The number of aryl methyl sites for hydroxylation is 1. The van der Waals surface area contributed by atoms with E-state index in [0.29, 0.717) is 12.4 Å². The second kappa shape index (κ2) is 9.42. The summed E-state index contributed by atoms with van der Waals surface area (Å²) in [5.41, 5.74) is 7.49. The predicted molar refractivity (Wildman–Crippen MR) is 101 cm³/mol. The average molecular weight is 392 g/mol. The quantitative estimate of drug-likeness (QED) is 0.865. The molecular weight excluding hydrogens is 369 g/mol. The van der Waals surface area contributed by atoms with E-state index in [1.54, 1.807) is 11.3 Å². The normalized spacial score (nSPS) is 17.1. The average Bonchev–Trinajstić information content (AvgIpc) is 3.17. The smallest absolute Gasteiger partial charge is 0.229 e. The van der Waals surface area contributed by atoms with Gasteiger partial charge in [0.05, 0.1) is 12.1 Å². The zero-order valence-electron chi connectivity index (χ0n) is 13.6. The number of nitrogens with two attached hydrogens (primary N) is 1. The molecule has 1 fully saturated rings. The van der Waals surface area contributed by atoms with Crippen LogP contribution >= 0.6 is 36.2 Å². The third kappa shape index (κ3) is 4.51. The monoisotopic (exact) mass is 391 g/mol. The molecule has 1 aliphatic heterocycles. The van der Waals surface area contributed by atoms with Gasteiger partial charge in [0.1, 0.15) is 5.76 Å². The molecule has 134 valence electrons. The van der Waals surface area contributed by atoms with Crippen molar-refractivity contribution in [3.8, 4) is 11.5 Å². The van der Waals surface area contributed by atoms with E-state index >= 15 is 0 Å². The largest absolute Gasteiger partial charge is 0.441 e. The Bertz CT molecular complexity index is 646. The molecule has 3 rings (SSSR count). The van der Waals surface area contributed by atoms with Gasteiger partial charge in [-0.2, -0.15) is 11.3 Å². The van der Waals surface area contributed by atoms with Gasteiger partial charge >= 0.3 is 0 Å². The third-order valence-corrected chi connectivity index (χ3v) is 4.88. The molecule has 0 radical (unpaired) electrons. The number of oxazole rings is 1. The summed E-state index contributed by atoms with van der Waals surface area (Å²) in [6.45, 7) is 3.20. The van der Waals surface area contributed by atoms with Crippen LogP contribution in [0, 0.1) is 6.92 Å². The molecule has 5 nitrogen and oxygen atoms in total. The molecule has 2 N–H and O–H groups in total.